The van der Waals surface area contributed by atoms with Crippen molar-refractivity contribution in [3.63, 3.8) is 0 Å². The van der Waals surface area contributed by atoms with Gasteiger partial charge in [0.1, 0.15) is 6.04 Å². The average Bonchev–Trinajstić information content (AvgIpc) is 2.62. The van der Waals surface area contributed by atoms with E-state index in [1.165, 1.54) is 0 Å². The van der Waals surface area contributed by atoms with Crippen molar-refractivity contribution < 1.29 is 14.3 Å². The monoisotopic (exact) mass is 331 g/mol. The van der Waals surface area contributed by atoms with Gasteiger partial charge in [-0.15, -0.1) is 0 Å². The van der Waals surface area contributed by atoms with Crippen molar-refractivity contribution in [1.29, 1.82) is 0 Å². The largest absolute Gasteiger partial charge is 0.356 e. The second-order valence-corrected chi connectivity index (χ2v) is 6.35. The van der Waals surface area contributed by atoms with Gasteiger partial charge in [0.25, 0.3) is 5.91 Å². The quantitative estimate of drug-likeness (QED) is 0.833. The number of carbonyl (C=O) groups is 2. The summed E-state index contributed by atoms with van der Waals surface area (Å²) >= 11 is 0. The standard InChI is InChI=1S/C18H25N3O3/c1-3-12-24-16-10-7-11-20-18(23)19(14(2)17(22)21(16)20)13-15-8-5-4-6-9-15/h4-6,8-9,14,16H,3,7,10-13H2,1-2H3/t14-,16?/m0/s1. The number of ether oxygens (including phenoxy) is 1. The summed E-state index contributed by atoms with van der Waals surface area (Å²) in [5.41, 5.74) is 1.02. The SMILES string of the molecule is CCCOC1CCCN2C(=O)N(Cc3ccccc3)[C@@H](C)C(=O)N12. The molecule has 2 fully saturated rings. The summed E-state index contributed by atoms with van der Waals surface area (Å²) in [6.07, 6.45) is 2.19. The normalized spacial score (nSPS) is 24.3. The molecule has 1 aromatic carbocycles. The Balaban J connectivity index is 1.80. The van der Waals surface area contributed by atoms with Crippen LogP contribution in [-0.2, 0) is 16.1 Å². The molecule has 0 saturated carbocycles. The van der Waals surface area contributed by atoms with E-state index in [0.717, 1.165) is 24.8 Å². The van der Waals surface area contributed by atoms with Crippen LogP contribution in [0.3, 0.4) is 0 Å². The van der Waals surface area contributed by atoms with Crippen LogP contribution >= 0.6 is 0 Å². The van der Waals surface area contributed by atoms with E-state index in [0.29, 0.717) is 19.7 Å². The summed E-state index contributed by atoms with van der Waals surface area (Å²) in [6.45, 7) is 5.44. The molecule has 1 aromatic rings. The topological polar surface area (TPSA) is 53.1 Å². The minimum atomic E-state index is -0.486. The van der Waals surface area contributed by atoms with E-state index in [1.54, 1.807) is 21.8 Å². The van der Waals surface area contributed by atoms with Crippen molar-refractivity contribution in [1.82, 2.24) is 14.9 Å². The van der Waals surface area contributed by atoms with Crippen LogP contribution in [0.25, 0.3) is 0 Å². The van der Waals surface area contributed by atoms with E-state index >= 15 is 0 Å². The lowest BCUT2D eigenvalue weighted by Crippen LogP contribution is -2.70. The summed E-state index contributed by atoms with van der Waals surface area (Å²) in [5.74, 6) is -0.0636. The maximum absolute atomic E-state index is 12.9. The molecule has 2 aliphatic heterocycles. The first kappa shape index (κ1) is 16.8. The van der Waals surface area contributed by atoms with Crippen LogP contribution in [0.1, 0.15) is 38.7 Å². The van der Waals surface area contributed by atoms with E-state index in [2.05, 4.69) is 0 Å². The molecule has 2 saturated heterocycles. The minimum absolute atomic E-state index is 0.0636. The molecule has 2 heterocycles. The average molecular weight is 331 g/mol. The van der Waals surface area contributed by atoms with E-state index in [9.17, 15) is 9.59 Å². The van der Waals surface area contributed by atoms with Crippen molar-refractivity contribution in [3.05, 3.63) is 35.9 Å². The Bertz CT molecular complexity index is 592. The van der Waals surface area contributed by atoms with Gasteiger partial charge in [0, 0.05) is 19.7 Å². The van der Waals surface area contributed by atoms with E-state index in [1.807, 2.05) is 37.3 Å². The molecule has 130 valence electrons. The van der Waals surface area contributed by atoms with Crippen LogP contribution in [0, 0.1) is 0 Å². The number of urea groups is 1. The van der Waals surface area contributed by atoms with Gasteiger partial charge < -0.3 is 9.64 Å². The van der Waals surface area contributed by atoms with Crippen LogP contribution in [0.15, 0.2) is 30.3 Å². The summed E-state index contributed by atoms with van der Waals surface area (Å²) in [6, 6.07) is 9.17. The first-order valence-electron chi connectivity index (χ1n) is 8.70. The number of nitrogens with zero attached hydrogens (tertiary/aromatic N) is 3. The number of fused-ring (bicyclic) bond motifs is 1. The van der Waals surface area contributed by atoms with Gasteiger partial charge in [0.2, 0.25) is 0 Å². The smallest absolute Gasteiger partial charge is 0.339 e. The summed E-state index contributed by atoms with van der Waals surface area (Å²) < 4.78 is 5.81. The van der Waals surface area contributed by atoms with Crippen molar-refractivity contribution in [3.8, 4) is 0 Å². The Labute approximate surface area is 142 Å². The van der Waals surface area contributed by atoms with Crippen LogP contribution in [-0.4, -0.2) is 52.3 Å². The fourth-order valence-electron chi connectivity index (χ4n) is 3.28. The van der Waals surface area contributed by atoms with Gasteiger partial charge in [-0.3, -0.25) is 4.79 Å². The number of hydrogen-bond acceptors (Lipinski definition) is 3. The first-order chi connectivity index (χ1) is 11.6. The molecule has 3 amide bonds. The molecule has 2 aliphatic rings. The highest BCUT2D eigenvalue weighted by Gasteiger charge is 2.46. The molecule has 0 N–H and O–H groups in total. The number of hydrazine groups is 1. The third kappa shape index (κ3) is 3.11. The highest BCUT2D eigenvalue weighted by Crippen LogP contribution is 2.28. The Morgan fingerprint density at radius 1 is 1.21 bits per heavy atom. The second kappa shape index (κ2) is 7.21. The minimum Gasteiger partial charge on any atom is -0.356 e. The maximum atomic E-state index is 12.9. The third-order valence-electron chi connectivity index (χ3n) is 4.58. The molecule has 6 nitrogen and oxygen atoms in total. The molecule has 0 spiro atoms. The Kier molecular flexibility index (Phi) is 5.04. The molecule has 1 unspecified atom stereocenters. The molecule has 24 heavy (non-hydrogen) atoms. The van der Waals surface area contributed by atoms with Gasteiger partial charge in [0.15, 0.2) is 6.23 Å². The Morgan fingerprint density at radius 3 is 2.67 bits per heavy atom. The zero-order valence-corrected chi connectivity index (χ0v) is 14.4. The van der Waals surface area contributed by atoms with E-state index in [4.69, 9.17) is 4.74 Å². The molecular formula is C18H25N3O3. The zero-order valence-electron chi connectivity index (χ0n) is 14.4. The highest BCUT2D eigenvalue weighted by atomic mass is 16.5. The molecular weight excluding hydrogens is 306 g/mol. The summed E-state index contributed by atoms with van der Waals surface area (Å²) in [5, 5.41) is 3.11. The number of carbonyl (C=O) groups excluding carboxylic acids is 2. The molecule has 6 heteroatoms. The maximum Gasteiger partial charge on any atom is 0.339 e. The van der Waals surface area contributed by atoms with Gasteiger partial charge in [-0.25, -0.2) is 14.8 Å². The lowest BCUT2D eigenvalue weighted by molar-refractivity contribution is -0.203. The van der Waals surface area contributed by atoms with Crippen LogP contribution < -0.4 is 0 Å². The van der Waals surface area contributed by atoms with E-state index in [-0.39, 0.29) is 18.2 Å². The number of hydrogen-bond donors (Lipinski definition) is 0. The fourth-order valence-corrected chi connectivity index (χ4v) is 3.28. The van der Waals surface area contributed by atoms with Crippen molar-refractivity contribution in [2.45, 2.75) is 51.9 Å². The summed E-state index contributed by atoms with van der Waals surface area (Å²) in [7, 11) is 0. The molecule has 2 atom stereocenters. The zero-order chi connectivity index (χ0) is 17.1. The van der Waals surface area contributed by atoms with Crippen LogP contribution in [0.4, 0.5) is 4.79 Å². The van der Waals surface area contributed by atoms with Crippen molar-refractivity contribution in [2.24, 2.45) is 0 Å². The predicted molar refractivity (Wildman–Crippen MR) is 89.7 cm³/mol. The Hall–Kier alpha value is -2.08. The number of benzene rings is 1. The summed E-state index contributed by atoms with van der Waals surface area (Å²) in [4.78, 5) is 27.5. The Morgan fingerprint density at radius 2 is 1.96 bits per heavy atom. The van der Waals surface area contributed by atoms with Crippen LogP contribution in [0.2, 0.25) is 0 Å². The third-order valence-corrected chi connectivity index (χ3v) is 4.58. The molecule has 0 radical (unpaired) electrons. The lowest BCUT2D eigenvalue weighted by Gasteiger charge is -2.51. The van der Waals surface area contributed by atoms with Crippen molar-refractivity contribution in [2.75, 3.05) is 13.2 Å². The second-order valence-electron chi connectivity index (χ2n) is 6.35. The molecule has 0 aromatic heterocycles. The fraction of sp³-hybridized carbons (Fsp3) is 0.556. The van der Waals surface area contributed by atoms with Gasteiger partial charge in [-0.2, -0.15) is 0 Å². The van der Waals surface area contributed by atoms with Gasteiger partial charge in [0.05, 0.1) is 0 Å². The van der Waals surface area contributed by atoms with Gasteiger partial charge >= 0.3 is 6.03 Å². The lowest BCUT2D eigenvalue weighted by atomic mass is 10.1. The number of rotatable bonds is 5. The molecule has 0 aliphatic carbocycles. The highest BCUT2D eigenvalue weighted by molar-refractivity contribution is 5.92. The predicted octanol–water partition coefficient (Wildman–Crippen LogP) is 2.60. The molecule has 3 rings (SSSR count). The van der Waals surface area contributed by atoms with Gasteiger partial charge in [-0.05, 0) is 31.7 Å². The van der Waals surface area contributed by atoms with Gasteiger partial charge in [-0.1, -0.05) is 37.3 Å². The van der Waals surface area contributed by atoms with E-state index < -0.39 is 6.04 Å². The first-order valence-corrected chi connectivity index (χ1v) is 8.70. The molecule has 0 bridgehead atoms. The van der Waals surface area contributed by atoms with Crippen LogP contribution in [0.5, 0.6) is 0 Å². The number of amides is 3. The van der Waals surface area contributed by atoms with Crippen molar-refractivity contribution >= 4 is 11.9 Å².